The third-order valence-corrected chi connectivity index (χ3v) is 4.28. The van der Waals surface area contributed by atoms with E-state index in [1.54, 1.807) is 55.7 Å². The van der Waals surface area contributed by atoms with Gasteiger partial charge in [-0.05, 0) is 31.5 Å². The Morgan fingerprint density at radius 3 is 2.71 bits per heavy atom. The summed E-state index contributed by atoms with van der Waals surface area (Å²) in [7, 11) is 1.70. The standard InChI is InChI=1S/C17H21N5O2/c1-13-14(5-3-7-18-13)15(23)21(2)11-17(24)6-10-22(12-17)16-19-8-4-9-20-16/h3-5,7-9,24H,6,10-12H2,1-2H3/t17-/m0/s1. The highest BCUT2D eigenvalue weighted by molar-refractivity contribution is 5.95. The van der Waals surface area contributed by atoms with E-state index in [1.807, 2.05) is 4.90 Å². The molecular weight excluding hydrogens is 306 g/mol. The number of carbonyl (C=O) groups excluding carboxylic acids is 1. The maximum absolute atomic E-state index is 12.6. The van der Waals surface area contributed by atoms with Gasteiger partial charge < -0.3 is 14.9 Å². The van der Waals surface area contributed by atoms with Gasteiger partial charge in [-0.15, -0.1) is 0 Å². The van der Waals surface area contributed by atoms with Gasteiger partial charge in [-0.2, -0.15) is 0 Å². The molecule has 7 heteroatoms. The zero-order chi connectivity index (χ0) is 17.2. The van der Waals surface area contributed by atoms with E-state index in [-0.39, 0.29) is 12.5 Å². The molecule has 2 aromatic heterocycles. The Morgan fingerprint density at radius 2 is 2.00 bits per heavy atom. The third kappa shape index (κ3) is 3.35. The van der Waals surface area contributed by atoms with Crippen molar-refractivity contribution >= 4 is 11.9 Å². The van der Waals surface area contributed by atoms with Gasteiger partial charge >= 0.3 is 0 Å². The van der Waals surface area contributed by atoms with Gasteiger partial charge in [0.05, 0.1) is 18.7 Å². The number of rotatable bonds is 4. The molecule has 126 valence electrons. The van der Waals surface area contributed by atoms with Gasteiger partial charge in [0, 0.05) is 37.9 Å². The van der Waals surface area contributed by atoms with Crippen molar-refractivity contribution in [3.63, 3.8) is 0 Å². The molecule has 3 rings (SSSR count). The fourth-order valence-electron chi connectivity index (χ4n) is 3.04. The summed E-state index contributed by atoms with van der Waals surface area (Å²) in [6, 6.07) is 5.26. The van der Waals surface area contributed by atoms with Crippen LogP contribution in [-0.4, -0.2) is 63.1 Å². The lowest BCUT2D eigenvalue weighted by atomic mass is 10.0. The van der Waals surface area contributed by atoms with Crippen LogP contribution in [-0.2, 0) is 0 Å². The molecule has 1 atom stereocenters. The first-order chi connectivity index (χ1) is 11.5. The first-order valence-electron chi connectivity index (χ1n) is 7.90. The third-order valence-electron chi connectivity index (χ3n) is 4.28. The van der Waals surface area contributed by atoms with E-state index in [0.717, 1.165) is 0 Å². The van der Waals surface area contributed by atoms with Crippen LogP contribution >= 0.6 is 0 Å². The number of pyridine rings is 1. The first-order valence-corrected chi connectivity index (χ1v) is 7.90. The van der Waals surface area contributed by atoms with Crippen LogP contribution in [0.15, 0.2) is 36.8 Å². The van der Waals surface area contributed by atoms with Gasteiger partial charge in [0.1, 0.15) is 5.60 Å². The topological polar surface area (TPSA) is 82.5 Å². The minimum absolute atomic E-state index is 0.136. The predicted molar refractivity (Wildman–Crippen MR) is 89.7 cm³/mol. The SMILES string of the molecule is Cc1ncccc1C(=O)N(C)C[C@@]1(O)CCN(c2ncccn2)C1. The summed E-state index contributed by atoms with van der Waals surface area (Å²) in [6.07, 6.45) is 5.59. The Bertz CT molecular complexity index is 724. The molecule has 0 radical (unpaired) electrons. The quantitative estimate of drug-likeness (QED) is 0.898. The van der Waals surface area contributed by atoms with E-state index >= 15 is 0 Å². The number of aliphatic hydroxyl groups is 1. The lowest BCUT2D eigenvalue weighted by Crippen LogP contribution is -2.46. The first kappa shape index (κ1) is 16.3. The van der Waals surface area contributed by atoms with Gasteiger partial charge in [0.15, 0.2) is 0 Å². The lowest BCUT2D eigenvalue weighted by molar-refractivity contribution is 0.0263. The Morgan fingerprint density at radius 1 is 1.29 bits per heavy atom. The summed E-state index contributed by atoms with van der Waals surface area (Å²) in [6.45, 7) is 3.12. The molecule has 0 aromatic carbocycles. The van der Waals surface area contributed by atoms with Crippen LogP contribution in [0.1, 0.15) is 22.5 Å². The van der Waals surface area contributed by atoms with Crippen molar-refractivity contribution in [3.8, 4) is 0 Å². The summed E-state index contributed by atoms with van der Waals surface area (Å²) in [5.74, 6) is 0.467. The lowest BCUT2D eigenvalue weighted by Gasteiger charge is -2.29. The molecule has 1 fully saturated rings. The minimum atomic E-state index is -0.972. The summed E-state index contributed by atoms with van der Waals surface area (Å²) in [4.78, 5) is 28.7. The number of β-amino-alcohol motifs (C(OH)–C–C–N with tert-alkyl or cyclic N) is 1. The second kappa shape index (κ2) is 6.52. The van der Waals surface area contributed by atoms with E-state index in [2.05, 4.69) is 15.0 Å². The van der Waals surface area contributed by atoms with E-state index in [1.165, 1.54) is 0 Å². The molecule has 1 amide bonds. The highest BCUT2D eigenvalue weighted by Crippen LogP contribution is 2.25. The van der Waals surface area contributed by atoms with Crippen molar-refractivity contribution in [2.45, 2.75) is 18.9 Å². The molecule has 1 saturated heterocycles. The average molecular weight is 327 g/mol. The molecule has 2 aromatic rings. The number of aryl methyl sites for hydroxylation is 1. The second-order valence-electron chi connectivity index (χ2n) is 6.24. The Hall–Kier alpha value is -2.54. The van der Waals surface area contributed by atoms with Crippen molar-refractivity contribution in [3.05, 3.63) is 48.0 Å². The number of likely N-dealkylation sites (N-methyl/N-ethyl adjacent to an activating group) is 1. The van der Waals surface area contributed by atoms with Gasteiger partial charge in [-0.3, -0.25) is 9.78 Å². The van der Waals surface area contributed by atoms with Crippen LogP contribution in [0, 0.1) is 6.92 Å². The average Bonchev–Trinajstić information content (AvgIpc) is 2.97. The number of amides is 1. The van der Waals surface area contributed by atoms with Crippen LogP contribution < -0.4 is 4.90 Å². The van der Waals surface area contributed by atoms with Crippen LogP contribution in [0.3, 0.4) is 0 Å². The Kier molecular flexibility index (Phi) is 4.44. The molecule has 3 heterocycles. The number of hydrogen-bond acceptors (Lipinski definition) is 6. The van der Waals surface area contributed by atoms with Crippen LogP contribution in [0.5, 0.6) is 0 Å². The molecule has 24 heavy (non-hydrogen) atoms. The van der Waals surface area contributed by atoms with Crippen molar-refractivity contribution in [2.75, 3.05) is 31.6 Å². The molecular formula is C17H21N5O2. The Balaban J connectivity index is 1.67. The van der Waals surface area contributed by atoms with Crippen LogP contribution in [0.25, 0.3) is 0 Å². The van der Waals surface area contributed by atoms with E-state index < -0.39 is 5.60 Å². The summed E-state index contributed by atoms with van der Waals surface area (Å²) in [5, 5.41) is 10.9. The number of anilines is 1. The van der Waals surface area contributed by atoms with Crippen LogP contribution in [0.4, 0.5) is 5.95 Å². The van der Waals surface area contributed by atoms with Crippen LogP contribution in [0.2, 0.25) is 0 Å². The maximum atomic E-state index is 12.6. The Labute approximate surface area is 141 Å². The zero-order valence-electron chi connectivity index (χ0n) is 13.9. The van der Waals surface area contributed by atoms with E-state index in [4.69, 9.17) is 0 Å². The summed E-state index contributed by atoms with van der Waals surface area (Å²) in [5.41, 5.74) is 0.275. The highest BCUT2D eigenvalue weighted by Gasteiger charge is 2.39. The predicted octanol–water partition coefficient (Wildman–Crippen LogP) is 0.893. The fourth-order valence-corrected chi connectivity index (χ4v) is 3.04. The molecule has 0 saturated carbocycles. The normalized spacial score (nSPS) is 20.2. The summed E-state index contributed by atoms with van der Waals surface area (Å²) >= 11 is 0. The highest BCUT2D eigenvalue weighted by atomic mass is 16.3. The van der Waals surface area contributed by atoms with Crippen molar-refractivity contribution in [1.29, 1.82) is 0 Å². The minimum Gasteiger partial charge on any atom is -0.386 e. The molecule has 1 aliphatic heterocycles. The van der Waals surface area contributed by atoms with Gasteiger partial charge in [0.2, 0.25) is 5.95 Å². The van der Waals surface area contributed by atoms with E-state index in [0.29, 0.717) is 36.7 Å². The zero-order valence-corrected chi connectivity index (χ0v) is 13.9. The number of nitrogens with zero attached hydrogens (tertiary/aromatic N) is 5. The van der Waals surface area contributed by atoms with E-state index in [9.17, 15) is 9.90 Å². The fraction of sp³-hybridized carbons (Fsp3) is 0.412. The molecule has 0 bridgehead atoms. The number of aromatic nitrogens is 3. The smallest absolute Gasteiger partial charge is 0.255 e. The molecule has 7 nitrogen and oxygen atoms in total. The second-order valence-corrected chi connectivity index (χ2v) is 6.24. The largest absolute Gasteiger partial charge is 0.386 e. The van der Waals surface area contributed by atoms with Gasteiger partial charge in [0.25, 0.3) is 5.91 Å². The molecule has 0 aliphatic carbocycles. The number of hydrogen-bond donors (Lipinski definition) is 1. The maximum Gasteiger partial charge on any atom is 0.255 e. The number of carbonyl (C=O) groups is 1. The monoisotopic (exact) mass is 327 g/mol. The molecule has 1 N–H and O–H groups in total. The van der Waals surface area contributed by atoms with Gasteiger partial charge in [-0.1, -0.05) is 0 Å². The molecule has 1 aliphatic rings. The van der Waals surface area contributed by atoms with Crippen molar-refractivity contribution in [1.82, 2.24) is 19.9 Å². The molecule has 0 spiro atoms. The molecule has 0 unspecified atom stereocenters. The van der Waals surface area contributed by atoms with Crippen molar-refractivity contribution in [2.24, 2.45) is 0 Å². The van der Waals surface area contributed by atoms with Crippen molar-refractivity contribution < 1.29 is 9.90 Å². The van der Waals surface area contributed by atoms with Gasteiger partial charge in [-0.25, -0.2) is 9.97 Å². The summed E-state index contributed by atoms with van der Waals surface area (Å²) < 4.78 is 0.